The highest BCUT2D eigenvalue weighted by Crippen LogP contribution is 2.42. The van der Waals surface area contributed by atoms with Gasteiger partial charge >= 0.3 is 6.30 Å². The Kier molecular flexibility index (Phi) is 4.23. The van der Waals surface area contributed by atoms with Crippen LogP contribution >= 0.6 is 25.3 Å². The number of hydrogen-bond acceptors (Lipinski definition) is 7. The van der Waals surface area contributed by atoms with Gasteiger partial charge in [0, 0.05) is 18.4 Å². The summed E-state index contributed by atoms with van der Waals surface area (Å²) < 4.78 is 34.1. The summed E-state index contributed by atoms with van der Waals surface area (Å²) in [6.45, 7) is 0. The van der Waals surface area contributed by atoms with Gasteiger partial charge in [0.05, 0.1) is 10.0 Å². The van der Waals surface area contributed by atoms with Gasteiger partial charge in [-0.05, 0) is 0 Å². The van der Waals surface area contributed by atoms with Gasteiger partial charge in [-0.15, -0.1) is 5.43 Å². The lowest BCUT2D eigenvalue weighted by molar-refractivity contribution is -0.299. The molecule has 0 fully saturated rings. The second-order valence-electron chi connectivity index (χ2n) is 3.35. The highest BCUT2D eigenvalue weighted by molar-refractivity contribution is 8.00. The van der Waals surface area contributed by atoms with E-state index in [9.17, 15) is 23.1 Å². The van der Waals surface area contributed by atoms with Gasteiger partial charge in [-0.1, -0.05) is 5.59 Å². The predicted molar refractivity (Wildman–Crippen MR) is 55.4 cm³/mol. The van der Waals surface area contributed by atoms with Gasteiger partial charge in [0.15, 0.2) is 0 Å². The van der Waals surface area contributed by atoms with Crippen molar-refractivity contribution in [1.82, 2.24) is 11.0 Å². The van der Waals surface area contributed by atoms with Gasteiger partial charge in [-0.25, -0.2) is 0 Å². The Morgan fingerprint density at radius 1 is 1.41 bits per heavy atom. The minimum Gasteiger partial charge on any atom is -0.545 e. The van der Waals surface area contributed by atoms with E-state index in [4.69, 9.17) is 0 Å². The van der Waals surface area contributed by atoms with E-state index < -0.39 is 16.3 Å². The molecule has 10 heteroatoms. The molecule has 0 saturated carbocycles. The van der Waals surface area contributed by atoms with Crippen molar-refractivity contribution in [3.63, 3.8) is 0 Å². The highest BCUT2D eigenvalue weighted by Gasteiger charge is 2.35. The first-order chi connectivity index (χ1) is 7.61. The van der Waals surface area contributed by atoms with Crippen LogP contribution in [0.5, 0.6) is 0 Å². The molecule has 0 aromatic rings. The van der Waals surface area contributed by atoms with Crippen LogP contribution < -0.4 is 16.1 Å². The van der Waals surface area contributed by atoms with Crippen molar-refractivity contribution in [1.29, 1.82) is 0 Å². The summed E-state index contributed by atoms with van der Waals surface area (Å²) in [4.78, 5) is 15.1. The van der Waals surface area contributed by atoms with E-state index in [1.807, 2.05) is 0 Å². The number of rotatable bonds is 4. The standard InChI is InChI=1S/C7H9F3N2O3S2/c8-7(9,10)11-12-15-4-2-6(16,17)1-3(4)5(13)14/h11-12,16-17H,1-2H2,(H,13,14)/p-1. The molecule has 0 unspecified atom stereocenters. The number of alkyl halides is 3. The molecule has 0 amide bonds. The first-order valence-electron chi connectivity index (χ1n) is 4.24. The van der Waals surface area contributed by atoms with Crippen LogP contribution in [0.3, 0.4) is 0 Å². The van der Waals surface area contributed by atoms with Gasteiger partial charge in [-0.2, -0.15) is 38.4 Å². The summed E-state index contributed by atoms with van der Waals surface area (Å²) in [5, 5.41) is 10.7. The number of halogens is 3. The van der Waals surface area contributed by atoms with Crippen molar-refractivity contribution in [2.24, 2.45) is 0 Å². The van der Waals surface area contributed by atoms with Crippen molar-refractivity contribution in [2.75, 3.05) is 0 Å². The van der Waals surface area contributed by atoms with E-state index in [0.717, 1.165) is 5.43 Å². The minimum absolute atomic E-state index is 0.0466. The van der Waals surface area contributed by atoms with Gasteiger partial charge in [0.1, 0.15) is 5.76 Å². The summed E-state index contributed by atoms with van der Waals surface area (Å²) in [6.07, 6.45) is -4.82. The van der Waals surface area contributed by atoms with Crippen molar-refractivity contribution in [3.8, 4) is 0 Å². The third-order valence-corrected chi connectivity index (χ3v) is 2.49. The predicted octanol–water partition coefficient (Wildman–Crippen LogP) is -0.114. The summed E-state index contributed by atoms with van der Waals surface area (Å²) >= 11 is 8.04. The van der Waals surface area contributed by atoms with Crippen LogP contribution in [0.15, 0.2) is 11.3 Å². The quantitative estimate of drug-likeness (QED) is 0.251. The number of hydrazine groups is 1. The summed E-state index contributed by atoms with van der Waals surface area (Å²) in [6, 6.07) is 0. The van der Waals surface area contributed by atoms with E-state index in [2.05, 4.69) is 30.1 Å². The zero-order valence-corrected chi connectivity index (χ0v) is 9.96. The number of carbonyl (C=O) groups is 1. The van der Waals surface area contributed by atoms with Crippen LogP contribution in [0.2, 0.25) is 0 Å². The molecule has 2 N–H and O–H groups in total. The van der Waals surface area contributed by atoms with E-state index >= 15 is 0 Å². The van der Waals surface area contributed by atoms with E-state index in [-0.39, 0.29) is 24.2 Å². The zero-order chi connectivity index (χ0) is 13.3. The van der Waals surface area contributed by atoms with Crippen molar-refractivity contribution in [2.45, 2.75) is 23.2 Å². The first-order valence-corrected chi connectivity index (χ1v) is 5.14. The van der Waals surface area contributed by atoms with E-state index in [1.54, 1.807) is 0 Å². The highest BCUT2D eigenvalue weighted by atomic mass is 32.2. The number of nitrogens with one attached hydrogen (secondary N) is 2. The van der Waals surface area contributed by atoms with Gasteiger partial charge < -0.3 is 14.7 Å². The molecule has 1 rings (SSSR count). The number of carboxylic acid groups (broad SMARTS) is 1. The van der Waals surface area contributed by atoms with Gasteiger partial charge in [0.25, 0.3) is 0 Å². The summed E-state index contributed by atoms with van der Waals surface area (Å²) in [7, 11) is 0. The number of carbonyl (C=O) groups excluding carboxylic acids is 1. The number of thiol groups is 2. The van der Waals surface area contributed by atoms with Crippen LogP contribution in [-0.4, -0.2) is 16.3 Å². The number of carboxylic acids is 1. The maximum atomic E-state index is 11.7. The molecule has 0 bridgehead atoms. The Bertz CT molecular complexity index is 357. The van der Waals surface area contributed by atoms with E-state index in [0.29, 0.717) is 0 Å². The van der Waals surface area contributed by atoms with Crippen LogP contribution in [0.25, 0.3) is 0 Å². The number of aliphatic carboxylic acids is 1. The molecule has 98 valence electrons. The number of allylic oxidation sites excluding steroid dienone is 1. The second kappa shape index (κ2) is 4.96. The summed E-state index contributed by atoms with van der Waals surface area (Å²) in [5.74, 6) is -1.73. The molecule has 1 aliphatic rings. The molecule has 0 aromatic carbocycles. The summed E-state index contributed by atoms with van der Waals surface area (Å²) in [5.41, 5.74) is 1.99. The molecule has 17 heavy (non-hydrogen) atoms. The molecule has 0 heterocycles. The third-order valence-electron chi connectivity index (χ3n) is 1.85. The second-order valence-corrected chi connectivity index (χ2v) is 5.42. The lowest BCUT2D eigenvalue weighted by Crippen LogP contribution is -2.43. The maximum Gasteiger partial charge on any atom is 0.473 e. The smallest absolute Gasteiger partial charge is 0.473 e. The van der Waals surface area contributed by atoms with Crippen LogP contribution in [-0.2, 0) is 9.63 Å². The Labute approximate surface area is 105 Å². The fourth-order valence-electron chi connectivity index (χ4n) is 1.24. The molecular formula is C7H8F3N2O3S2-. The number of hydrogen-bond donors (Lipinski definition) is 4. The Morgan fingerprint density at radius 2 is 2.00 bits per heavy atom. The zero-order valence-electron chi connectivity index (χ0n) is 8.17. The van der Waals surface area contributed by atoms with Crippen molar-refractivity contribution in [3.05, 3.63) is 11.3 Å². The molecule has 1 aliphatic carbocycles. The van der Waals surface area contributed by atoms with Crippen LogP contribution in [0.4, 0.5) is 13.2 Å². The first kappa shape index (κ1) is 14.5. The monoisotopic (exact) mass is 289 g/mol. The average Bonchev–Trinajstić information content (AvgIpc) is 2.39. The van der Waals surface area contributed by atoms with E-state index in [1.165, 1.54) is 5.59 Å². The minimum atomic E-state index is -4.69. The van der Waals surface area contributed by atoms with Crippen LogP contribution in [0, 0.1) is 0 Å². The van der Waals surface area contributed by atoms with Gasteiger partial charge in [0.2, 0.25) is 0 Å². The molecular weight excluding hydrogens is 281 g/mol. The fraction of sp³-hybridized carbons (Fsp3) is 0.571. The Balaban J connectivity index is 2.61. The van der Waals surface area contributed by atoms with Gasteiger partial charge in [-0.3, -0.25) is 0 Å². The average molecular weight is 289 g/mol. The molecule has 0 aliphatic heterocycles. The van der Waals surface area contributed by atoms with Crippen LogP contribution in [0.1, 0.15) is 12.8 Å². The fourth-order valence-corrected chi connectivity index (χ4v) is 1.84. The Morgan fingerprint density at radius 3 is 2.47 bits per heavy atom. The molecule has 5 nitrogen and oxygen atoms in total. The molecule has 0 atom stereocenters. The molecule has 0 radical (unpaired) electrons. The largest absolute Gasteiger partial charge is 0.545 e. The molecule has 0 spiro atoms. The maximum absolute atomic E-state index is 11.7. The SMILES string of the molecule is O=C([O-])C1=C(ONNC(F)(F)F)CC(S)(S)C1. The van der Waals surface area contributed by atoms with Crippen molar-refractivity contribution >= 4 is 31.2 Å². The topological polar surface area (TPSA) is 73.4 Å². The molecule has 0 aromatic heterocycles. The lowest BCUT2D eigenvalue weighted by atomic mass is 10.2. The van der Waals surface area contributed by atoms with Crippen molar-refractivity contribution < 1.29 is 27.9 Å². The Hall–Kier alpha value is -0.580. The lowest BCUT2D eigenvalue weighted by Gasteiger charge is -2.15. The molecule has 0 saturated heterocycles. The normalized spacial score (nSPS) is 19.6. The third kappa shape index (κ3) is 4.66.